The van der Waals surface area contributed by atoms with Crippen molar-refractivity contribution in [1.29, 1.82) is 0 Å². The Kier molecular flexibility index (Phi) is 7.45. The van der Waals surface area contributed by atoms with Crippen molar-refractivity contribution in [2.45, 2.75) is 26.3 Å². The van der Waals surface area contributed by atoms with Gasteiger partial charge in [0.15, 0.2) is 5.76 Å². The van der Waals surface area contributed by atoms with E-state index in [1.54, 1.807) is 13.8 Å². The topological polar surface area (TPSA) is 155 Å². The fourth-order valence-corrected chi connectivity index (χ4v) is 2.53. The predicted molar refractivity (Wildman–Crippen MR) is 104 cm³/mol. The first kappa shape index (κ1) is 22.3. The summed E-state index contributed by atoms with van der Waals surface area (Å²) in [5.41, 5.74) is -0.0358. The van der Waals surface area contributed by atoms with Crippen LogP contribution in [0.25, 0.3) is 6.08 Å². The van der Waals surface area contributed by atoms with Gasteiger partial charge in [0.2, 0.25) is 0 Å². The Morgan fingerprint density at radius 1 is 1.17 bits per heavy atom. The molecule has 2 amide bonds. The van der Waals surface area contributed by atoms with Crippen LogP contribution in [0.1, 0.15) is 36.4 Å². The molecule has 0 unspecified atom stereocenters. The van der Waals surface area contributed by atoms with E-state index in [9.17, 15) is 29.6 Å². The SMILES string of the molecule is CC(C)C[C@@H](NC(=O)/C(=C/c1ccc([N+](=O)[O-])cc1)NC(=O)c1ccco1)C(=O)[O-]. The van der Waals surface area contributed by atoms with Crippen LogP contribution in [0, 0.1) is 16.0 Å². The molecule has 2 aromatic rings. The number of non-ortho nitro benzene ring substituents is 1. The Labute approximate surface area is 171 Å². The fourth-order valence-electron chi connectivity index (χ4n) is 2.53. The minimum absolute atomic E-state index is 0.0342. The Morgan fingerprint density at radius 3 is 2.33 bits per heavy atom. The lowest BCUT2D eigenvalue weighted by Gasteiger charge is -2.22. The number of carbonyl (C=O) groups is 3. The lowest BCUT2D eigenvalue weighted by molar-refractivity contribution is -0.384. The number of carbonyl (C=O) groups excluding carboxylic acids is 3. The lowest BCUT2D eigenvalue weighted by atomic mass is 10.0. The molecule has 0 aliphatic rings. The Hall–Kier alpha value is -3.95. The molecular weight excluding hydrogens is 394 g/mol. The quantitative estimate of drug-likeness (QED) is 0.355. The lowest BCUT2D eigenvalue weighted by Crippen LogP contribution is -2.50. The van der Waals surface area contributed by atoms with E-state index in [2.05, 4.69) is 10.6 Å². The molecule has 0 radical (unpaired) electrons. The van der Waals surface area contributed by atoms with E-state index in [1.165, 1.54) is 48.7 Å². The number of carboxylic acid groups (broad SMARTS) is 1. The van der Waals surface area contributed by atoms with Gasteiger partial charge in [0, 0.05) is 12.1 Å². The molecule has 1 heterocycles. The average Bonchev–Trinajstić information content (AvgIpc) is 3.21. The van der Waals surface area contributed by atoms with E-state index in [0.29, 0.717) is 5.56 Å². The van der Waals surface area contributed by atoms with Crippen LogP contribution in [-0.4, -0.2) is 28.7 Å². The maximum Gasteiger partial charge on any atom is 0.291 e. The van der Waals surface area contributed by atoms with Gasteiger partial charge in [-0.25, -0.2) is 0 Å². The summed E-state index contributed by atoms with van der Waals surface area (Å²) in [6, 6.07) is 6.85. The number of nitro benzene ring substituents is 1. The van der Waals surface area contributed by atoms with Crippen molar-refractivity contribution < 1.29 is 28.8 Å². The molecule has 30 heavy (non-hydrogen) atoms. The summed E-state index contributed by atoms with van der Waals surface area (Å²) in [5.74, 6) is -3.13. The summed E-state index contributed by atoms with van der Waals surface area (Å²) < 4.78 is 4.99. The highest BCUT2D eigenvalue weighted by Gasteiger charge is 2.21. The van der Waals surface area contributed by atoms with Crippen molar-refractivity contribution >= 4 is 29.5 Å². The van der Waals surface area contributed by atoms with Crippen LogP contribution in [0.3, 0.4) is 0 Å². The maximum atomic E-state index is 12.7. The summed E-state index contributed by atoms with van der Waals surface area (Å²) in [5, 5.41) is 26.8. The Morgan fingerprint density at radius 2 is 1.83 bits per heavy atom. The first-order valence-electron chi connectivity index (χ1n) is 9.00. The van der Waals surface area contributed by atoms with Crippen molar-refractivity contribution in [1.82, 2.24) is 10.6 Å². The molecule has 1 aromatic carbocycles. The van der Waals surface area contributed by atoms with Crippen LogP contribution < -0.4 is 15.7 Å². The van der Waals surface area contributed by atoms with Crippen LogP contribution in [0.15, 0.2) is 52.8 Å². The zero-order chi connectivity index (χ0) is 22.3. The van der Waals surface area contributed by atoms with E-state index in [0.717, 1.165) is 0 Å². The highest BCUT2D eigenvalue weighted by molar-refractivity contribution is 6.05. The second kappa shape index (κ2) is 10.0. The van der Waals surface area contributed by atoms with Gasteiger partial charge in [0.05, 0.1) is 23.2 Å². The van der Waals surface area contributed by atoms with Gasteiger partial charge in [-0.15, -0.1) is 0 Å². The van der Waals surface area contributed by atoms with Gasteiger partial charge in [-0.2, -0.15) is 0 Å². The highest BCUT2D eigenvalue weighted by Crippen LogP contribution is 2.15. The second-order valence-corrected chi connectivity index (χ2v) is 6.81. The number of aliphatic carboxylic acids is 1. The van der Waals surface area contributed by atoms with E-state index >= 15 is 0 Å². The summed E-state index contributed by atoms with van der Waals surface area (Å²) in [6.07, 6.45) is 2.68. The fraction of sp³-hybridized carbons (Fsp3) is 0.250. The number of hydrogen-bond donors (Lipinski definition) is 2. The molecule has 0 saturated carbocycles. The zero-order valence-electron chi connectivity index (χ0n) is 16.3. The standard InChI is InChI=1S/C20H21N3O7/c1-12(2)10-16(20(26)27)22-18(24)15(21-19(25)17-4-3-9-30-17)11-13-5-7-14(8-6-13)23(28)29/h3-9,11-12,16H,10H2,1-2H3,(H,21,25)(H,22,24)(H,26,27)/p-1/b15-11-/t16-/m1/s1. The van der Waals surface area contributed by atoms with E-state index in [1.807, 2.05) is 0 Å². The molecular formula is C20H20N3O7-. The molecule has 2 N–H and O–H groups in total. The van der Waals surface area contributed by atoms with Crippen LogP contribution in [0.2, 0.25) is 0 Å². The van der Waals surface area contributed by atoms with Crippen LogP contribution in [0.4, 0.5) is 5.69 Å². The molecule has 158 valence electrons. The smallest absolute Gasteiger partial charge is 0.291 e. The third-order valence-corrected chi connectivity index (χ3v) is 3.95. The molecule has 0 saturated heterocycles. The second-order valence-electron chi connectivity index (χ2n) is 6.81. The van der Waals surface area contributed by atoms with Crippen molar-refractivity contribution in [3.63, 3.8) is 0 Å². The molecule has 2 rings (SSSR count). The van der Waals surface area contributed by atoms with Gasteiger partial charge >= 0.3 is 0 Å². The summed E-state index contributed by atoms with van der Waals surface area (Å²) in [7, 11) is 0. The highest BCUT2D eigenvalue weighted by atomic mass is 16.6. The van der Waals surface area contributed by atoms with Gasteiger partial charge in [-0.05, 0) is 48.2 Å². The van der Waals surface area contributed by atoms with Crippen LogP contribution in [-0.2, 0) is 9.59 Å². The first-order valence-corrected chi connectivity index (χ1v) is 9.00. The average molecular weight is 414 g/mol. The van der Waals surface area contributed by atoms with Crippen molar-refractivity contribution in [2.24, 2.45) is 5.92 Å². The number of benzene rings is 1. The number of amides is 2. The largest absolute Gasteiger partial charge is 0.548 e. The van der Waals surface area contributed by atoms with Gasteiger partial charge < -0.3 is 25.0 Å². The van der Waals surface area contributed by atoms with Gasteiger partial charge in [0.25, 0.3) is 17.5 Å². The van der Waals surface area contributed by atoms with E-state index in [4.69, 9.17) is 4.42 Å². The van der Waals surface area contributed by atoms with Crippen LogP contribution in [0.5, 0.6) is 0 Å². The third-order valence-electron chi connectivity index (χ3n) is 3.95. The molecule has 10 heteroatoms. The monoisotopic (exact) mass is 414 g/mol. The molecule has 1 aromatic heterocycles. The molecule has 0 aliphatic heterocycles. The molecule has 0 aliphatic carbocycles. The normalized spacial score (nSPS) is 12.3. The zero-order valence-corrected chi connectivity index (χ0v) is 16.3. The number of nitrogens with one attached hydrogen (secondary N) is 2. The summed E-state index contributed by atoms with van der Waals surface area (Å²) in [6.45, 7) is 3.57. The van der Waals surface area contributed by atoms with Crippen molar-refractivity contribution in [3.05, 3.63) is 69.8 Å². The maximum absolute atomic E-state index is 12.7. The molecule has 1 atom stereocenters. The number of furan rings is 1. The minimum Gasteiger partial charge on any atom is -0.548 e. The van der Waals surface area contributed by atoms with E-state index < -0.39 is 28.7 Å². The number of nitrogens with zero attached hydrogens (tertiary/aromatic N) is 1. The Balaban J connectivity index is 2.31. The third kappa shape index (κ3) is 6.30. The number of carboxylic acids is 1. The minimum atomic E-state index is -1.45. The number of hydrogen-bond acceptors (Lipinski definition) is 7. The molecule has 0 fully saturated rings. The first-order chi connectivity index (χ1) is 14.2. The summed E-state index contributed by atoms with van der Waals surface area (Å²) in [4.78, 5) is 46.6. The molecule has 0 bridgehead atoms. The predicted octanol–water partition coefficient (Wildman–Crippen LogP) is 1.24. The van der Waals surface area contributed by atoms with Gasteiger partial charge in [-0.1, -0.05) is 13.8 Å². The van der Waals surface area contributed by atoms with Crippen LogP contribution >= 0.6 is 0 Å². The van der Waals surface area contributed by atoms with Crippen molar-refractivity contribution in [3.8, 4) is 0 Å². The summed E-state index contributed by atoms with van der Waals surface area (Å²) >= 11 is 0. The van der Waals surface area contributed by atoms with Crippen molar-refractivity contribution in [2.75, 3.05) is 0 Å². The Bertz CT molecular complexity index is 947. The number of rotatable bonds is 9. The number of nitro groups is 1. The van der Waals surface area contributed by atoms with E-state index in [-0.39, 0.29) is 29.5 Å². The molecule has 0 spiro atoms. The molecule has 10 nitrogen and oxygen atoms in total. The van der Waals surface area contributed by atoms with Gasteiger partial charge in [-0.3, -0.25) is 19.7 Å². The van der Waals surface area contributed by atoms with Gasteiger partial charge in [0.1, 0.15) is 5.70 Å².